The first-order valence-corrected chi connectivity index (χ1v) is 6.35. The Hall–Kier alpha value is -1.86. The van der Waals surface area contributed by atoms with E-state index in [1.807, 2.05) is 0 Å². The smallest absolute Gasteiger partial charge is 0.256 e. The highest BCUT2D eigenvalue weighted by Crippen LogP contribution is 2.29. The van der Waals surface area contributed by atoms with Crippen LogP contribution in [0.4, 0.5) is 4.39 Å². The van der Waals surface area contributed by atoms with Crippen molar-refractivity contribution in [1.29, 1.82) is 0 Å². The van der Waals surface area contributed by atoms with Crippen LogP contribution in [0.1, 0.15) is 28.8 Å². The molecule has 1 fully saturated rings. The van der Waals surface area contributed by atoms with Gasteiger partial charge in [-0.1, -0.05) is 11.8 Å². The van der Waals surface area contributed by atoms with E-state index in [0.717, 1.165) is 12.8 Å². The molecule has 3 nitrogen and oxygen atoms in total. The number of nitrogens with zero attached hydrogens (tertiary/aromatic N) is 1. The van der Waals surface area contributed by atoms with Gasteiger partial charge in [0.1, 0.15) is 5.82 Å². The van der Waals surface area contributed by atoms with Crippen LogP contribution in [0.3, 0.4) is 0 Å². The van der Waals surface area contributed by atoms with Crippen LogP contribution in [0.25, 0.3) is 0 Å². The summed E-state index contributed by atoms with van der Waals surface area (Å²) >= 11 is 0. The van der Waals surface area contributed by atoms with E-state index < -0.39 is 5.82 Å². The molecule has 19 heavy (non-hydrogen) atoms. The first-order chi connectivity index (χ1) is 9.11. The highest BCUT2D eigenvalue weighted by molar-refractivity contribution is 5.94. The number of halogens is 1. The summed E-state index contributed by atoms with van der Waals surface area (Å²) in [4.78, 5) is 13.7. The standard InChI is InChI=1S/C15H17FN2O/c1-18(10-12-4-5-12)15(19)13-9-11(3-2-8-17)6-7-14(13)16/h6-7,9,12H,4-5,8,10,17H2,1H3. The molecule has 0 heterocycles. The Morgan fingerprint density at radius 2 is 2.26 bits per heavy atom. The highest BCUT2D eigenvalue weighted by Gasteiger charge is 2.26. The van der Waals surface area contributed by atoms with Crippen molar-refractivity contribution in [1.82, 2.24) is 4.90 Å². The minimum atomic E-state index is -0.508. The van der Waals surface area contributed by atoms with Gasteiger partial charge in [0.15, 0.2) is 0 Å². The monoisotopic (exact) mass is 260 g/mol. The molecule has 0 aliphatic heterocycles. The van der Waals surface area contributed by atoms with Gasteiger partial charge in [-0.05, 0) is 37.0 Å². The van der Waals surface area contributed by atoms with Gasteiger partial charge < -0.3 is 10.6 Å². The van der Waals surface area contributed by atoms with Crippen LogP contribution in [0, 0.1) is 23.6 Å². The van der Waals surface area contributed by atoms with Crippen LogP contribution in [0.2, 0.25) is 0 Å². The molecule has 100 valence electrons. The first-order valence-electron chi connectivity index (χ1n) is 6.35. The summed E-state index contributed by atoms with van der Waals surface area (Å²) in [5, 5.41) is 0. The lowest BCUT2D eigenvalue weighted by Gasteiger charge is -2.17. The summed E-state index contributed by atoms with van der Waals surface area (Å²) in [5.74, 6) is 5.28. The van der Waals surface area contributed by atoms with Gasteiger partial charge in [0, 0.05) is 19.2 Å². The third-order valence-electron chi connectivity index (χ3n) is 3.11. The lowest BCUT2D eigenvalue weighted by Crippen LogP contribution is -2.29. The molecule has 0 atom stereocenters. The third-order valence-corrected chi connectivity index (χ3v) is 3.11. The molecule has 4 heteroatoms. The van der Waals surface area contributed by atoms with Gasteiger partial charge in [0.2, 0.25) is 0 Å². The minimum absolute atomic E-state index is 0.0759. The summed E-state index contributed by atoms with van der Waals surface area (Å²) in [6.07, 6.45) is 2.31. The number of rotatable bonds is 3. The van der Waals surface area contributed by atoms with Crippen molar-refractivity contribution in [3.05, 3.63) is 35.1 Å². The molecule has 1 aliphatic carbocycles. The lowest BCUT2D eigenvalue weighted by atomic mass is 10.1. The van der Waals surface area contributed by atoms with Crippen molar-refractivity contribution < 1.29 is 9.18 Å². The lowest BCUT2D eigenvalue weighted by molar-refractivity contribution is 0.0784. The van der Waals surface area contributed by atoms with Crippen molar-refractivity contribution in [2.24, 2.45) is 11.7 Å². The van der Waals surface area contributed by atoms with Crippen molar-refractivity contribution in [3.63, 3.8) is 0 Å². The summed E-state index contributed by atoms with van der Waals surface area (Å²) < 4.78 is 13.7. The van der Waals surface area contributed by atoms with E-state index in [0.29, 0.717) is 18.0 Å². The van der Waals surface area contributed by atoms with Gasteiger partial charge in [0.25, 0.3) is 5.91 Å². The van der Waals surface area contributed by atoms with Crippen LogP contribution < -0.4 is 5.73 Å². The topological polar surface area (TPSA) is 46.3 Å². The molecule has 0 radical (unpaired) electrons. The summed E-state index contributed by atoms with van der Waals surface area (Å²) in [5.41, 5.74) is 5.97. The molecule has 2 N–H and O–H groups in total. The fourth-order valence-corrected chi connectivity index (χ4v) is 1.90. The predicted molar refractivity (Wildman–Crippen MR) is 72.0 cm³/mol. The Kier molecular flexibility index (Phi) is 4.18. The number of carbonyl (C=O) groups is 1. The molecule has 0 saturated heterocycles. The number of amides is 1. The summed E-state index contributed by atoms with van der Waals surface area (Å²) in [6.45, 7) is 0.930. The molecule has 0 unspecified atom stereocenters. The van der Waals surface area contributed by atoms with E-state index >= 15 is 0 Å². The van der Waals surface area contributed by atoms with E-state index in [-0.39, 0.29) is 18.0 Å². The van der Waals surface area contributed by atoms with E-state index in [2.05, 4.69) is 11.8 Å². The Bertz CT molecular complexity index is 541. The number of hydrogen-bond acceptors (Lipinski definition) is 2. The fourth-order valence-electron chi connectivity index (χ4n) is 1.90. The van der Waals surface area contributed by atoms with Crippen LogP contribution in [0.5, 0.6) is 0 Å². The molecule has 0 aromatic heterocycles. The average Bonchev–Trinajstić information content (AvgIpc) is 3.21. The van der Waals surface area contributed by atoms with Gasteiger partial charge in [-0.15, -0.1) is 0 Å². The van der Waals surface area contributed by atoms with Crippen molar-refractivity contribution in [3.8, 4) is 11.8 Å². The predicted octanol–water partition coefficient (Wildman–Crippen LogP) is 1.62. The average molecular weight is 260 g/mol. The normalized spacial score (nSPS) is 13.6. The maximum Gasteiger partial charge on any atom is 0.256 e. The molecule has 0 spiro atoms. The Balaban J connectivity index is 2.18. The van der Waals surface area contributed by atoms with Crippen molar-refractivity contribution in [2.75, 3.05) is 20.1 Å². The molecule has 1 aromatic rings. The molecular formula is C15H17FN2O. The first kappa shape index (κ1) is 13.6. The largest absolute Gasteiger partial charge is 0.341 e. The Labute approximate surface area is 112 Å². The van der Waals surface area contributed by atoms with Crippen LogP contribution in [0.15, 0.2) is 18.2 Å². The zero-order chi connectivity index (χ0) is 13.8. The second-order valence-electron chi connectivity index (χ2n) is 4.83. The van der Waals surface area contributed by atoms with Gasteiger partial charge >= 0.3 is 0 Å². The quantitative estimate of drug-likeness (QED) is 0.839. The van der Waals surface area contributed by atoms with E-state index in [9.17, 15) is 9.18 Å². The van der Waals surface area contributed by atoms with Crippen LogP contribution in [-0.2, 0) is 0 Å². The van der Waals surface area contributed by atoms with E-state index in [1.54, 1.807) is 18.0 Å². The maximum atomic E-state index is 13.7. The minimum Gasteiger partial charge on any atom is -0.341 e. The summed E-state index contributed by atoms with van der Waals surface area (Å²) in [7, 11) is 1.71. The van der Waals surface area contributed by atoms with Gasteiger partial charge in [-0.3, -0.25) is 4.79 Å². The Morgan fingerprint density at radius 3 is 2.89 bits per heavy atom. The fraction of sp³-hybridized carbons (Fsp3) is 0.400. The van der Waals surface area contributed by atoms with Gasteiger partial charge in [0.05, 0.1) is 12.1 Å². The number of benzene rings is 1. The molecule has 1 saturated carbocycles. The molecule has 2 rings (SSSR count). The SMILES string of the molecule is CN(CC1CC1)C(=O)c1cc(C#CCN)ccc1F. The van der Waals surface area contributed by atoms with Crippen molar-refractivity contribution in [2.45, 2.75) is 12.8 Å². The molecular weight excluding hydrogens is 243 g/mol. The number of nitrogens with two attached hydrogens (primary N) is 1. The van der Waals surface area contributed by atoms with Crippen molar-refractivity contribution >= 4 is 5.91 Å². The maximum absolute atomic E-state index is 13.7. The zero-order valence-electron chi connectivity index (χ0n) is 10.9. The third kappa shape index (κ3) is 3.55. The van der Waals surface area contributed by atoms with Gasteiger partial charge in [-0.2, -0.15) is 0 Å². The molecule has 1 aliphatic rings. The second kappa shape index (κ2) is 5.85. The number of hydrogen-bond donors (Lipinski definition) is 1. The number of carbonyl (C=O) groups excluding carboxylic acids is 1. The van der Waals surface area contributed by atoms with Crippen LogP contribution in [-0.4, -0.2) is 30.9 Å². The van der Waals surface area contributed by atoms with Gasteiger partial charge in [-0.25, -0.2) is 4.39 Å². The van der Waals surface area contributed by atoms with Crippen LogP contribution >= 0.6 is 0 Å². The highest BCUT2D eigenvalue weighted by atomic mass is 19.1. The van der Waals surface area contributed by atoms with E-state index in [4.69, 9.17) is 5.73 Å². The molecule has 0 bridgehead atoms. The summed E-state index contributed by atoms with van der Waals surface area (Å²) in [6, 6.07) is 4.32. The second-order valence-corrected chi connectivity index (χ2v) is 4.83. The molecule has 1 aromatic carbocycles. The molecule has 1 amide bonds. The Morgan fingerprint density at radius 1 is 1.53 bits per heavy atom. The zero-order valence-corrected chi connectivity index (χ0v) is 10.9. The van der Waals surface area contributed by atoms with E-state index in [1.165, 1.54) is 12.1 Å².